The lowest BCUT2D eigenvalue weighted by atomic mass is 10.1. The average molecular weight is 300 g/mol. The van der Waals surface area contributed by atoms with Crippen molar-refractivity contribution in [3.8, 4) is 11.1 Å². The minimum absolute atomic E-state index is 0.115. The molecule has 0 aromatic heterocycles. The lowest BCUT2D eigenvalue weighted by Crippen LogP contribution is -2.50. The second-order valence-electron chi connectivity index (χ2n) is 4.14. The third kappa shape index (κ3) is 2.75. The van der Waals surface area contributed by atoms with Crippen molar-refractivity contribution in [3.05, 3.63) is 53.8 Å². The van der Waals surface area contributed by atoms with Gasteiger partial charge in [0.25, 0.3) is 0 Å². The molecule has 0 amide bonds. The normalized spacial score (nSPS) is 11.7. The van der Waals surface area contributed by atoms with Crippen LogP contribution in [0.5, 0.6) is 0 Å². The Hall–Kier alpha value is -1.67. The number of hydrogen-bond acceptors (Lipinski definition) is 3. The molecular weight excluding hydrogens is 289 g/mol. The lowest BCUT2D eigenvalue weighted by Gasteiger charge is -2.15. The fraction of sp³-hybridized carbons (Fsp3) is 0.0769. The minimum Gasteiger partial charge on any atom is -0.386 e. The van der Waals surface area contributed by atoms with Gasteiger partial charge in [-0.15, -0.1) is 0 Å². The van der Waals surface area contributed by atoms with Crippen LogP contribution in [0, 0.1) is 17.5 Å². The van der Waals surface area contributed by atoms with Gasteiger partial charge in [0, 0.05) is 23.9 Å². The first-order valence-electron chi connectivity index (χ1n) is 5.60. The first-order valence-corrected chi connectivity index (χ1v) is 7.41. The maximum Gasteiger partial charge on any atom is 0.531 e. The summed E-state index contributed by atoms with van der Waals surface area (Å²) in [6.45, 7) is 0. The van der Waals surface area contributed by atoms with E-state index in [0.29, 0.717) is 6.07 Å². The molecule has 0 heterocycles. The van der Waals surface area contributed by atoms with Crippen LogP contribution in [0.2, 0.25) is 0 Å². The maximum atomic E-state index is 13.6. The van der Waals surface area contributed by atoms with E-state index in [2.05, 4.69) is 4.43 Å². The summed E-state index contributed by atoms with van der Waals surface area (Å²) in [4.78, 5) is 19.2. The van der Waals surface area contributed by atoms with E-state index in [-0.39, 0.29) is 16.3 Å². The first kappa shape index (κ1) is 14.7. The van der Waals surface area contributed by atoms with E-state index < -0.39 is 26.3 Å². The molecule has 0 saturated heterocycles. The summed E-state index contributed by atoms with van der Waals surface area (Å²) in [6.07, 6.45) is 0. The van der Waals surface area contributed by atoms with Gasteiger partial charge in [-0.2, -0.15) is 0 Å². The molecule has 2 aromatic carbocycles. The van der Waals surface area contributed by atoms with E-state index in [0.717, 1.165) is 13.2 Å². The fourth-order valence-electron chi connectivity index (χ4n) is 1.73. The van der Waals surface area contributed by atoms with E-state index in [4.69, 9.17) is 0 Å². The van der Waals surface area contributed by atoms with Crippen molar-refractivity contribution < 1.29 is 27.2 Å². The van der Waals surface area contributed by atoms with Crippen LogP contribution in [0.25, 0.3) is 11.1 Å². The van der Waals surface area contributed by atoms with Gasteiger partial charge in [0.05, 0.1) is 0 Å². The Balaban J connectivity index is 2.43. The Bertz CT molecular complexity index is 630. The molecule has 0 bridgehead atoms. The summed E-state index contributed by atoms with van der Waals surface area (Å²) in [5.41, 5.74) is 0.169. The molecule has 2 rings (SSSR count). The van der Waals surface area contributed by atoms with E-state index >= 15 is 0 Å². The van der Waals surface area contributed by atoms with E-state index in [1.165, 1.54) is 24.3 Å². The summed E-state index contributed by atoms with van der Waals surface area (Å²) in [5, 5.41) is 0.159. The molecule has 0 aliphatic heterocycles. The first-order chi connectivity index (χ1) is 9.35. The molecule has 0 spiro atoms. The van der Waals surface area contributed by atoms with Crippen molar-refractivity contribution in [2.24, 2.45) is 0 Å². The van der Waals surface area contributed by atoms with Gasteiger partial charge in [-0.1, -0.05) is 24.3 Å². The molecule has 106 valence electrons. The van der Waals surface area contributed by atoms with Crippen molar-refractivity contribution in [3.63, 3.8) is 0 Å². The highest BCUT2D eigenvalue weighted by Gasteiger charge is 2.33. The van der Waals surface area contributed by atoms with Crippen LogP contribution in [0.15, 0.2) is 36.4 Å². The standard InChI is InChI=1S/C13H11F3O3Si/c1-19-20(17,18)9-4-2-8(3-5-9)10-6-12(15)13(16)7-11(10)14/h2-7,17-18H,1H3. The molecule has 0 radical (unpaired) electrons. The van der Waals surface area contributed by atoms with Gasteiger partial charge in [0.1, 0.15) is 5.82 Å². The molecule has 2 N–H and O–H groups in total. The van der Waals surface area contributed by atoms with Gasteiger partial charge in [-0.25, -0.2) is 13.2 Å². The molecule has 0 unspecified atom stereocenters. The predicted molar refractivity (Wildman–Crippen MR) is 68.6 cm³/mol. The molecule has 0 atom stereocenters. The Kier molecular flexibility index (Phi) is 3.96. The fourth-order valence-corrected chi connectivity index (χ4v) is 2.57. The number of hydrogen-bond donors (Lipinski definition) is 2. The summed E-state index contributed by atoms with van der Waals surface area (Å²) in [6, 6.07) is 6.64. The van der Waals surface area contributed by atoms with Crippen molar-refractivity contribution in [1.82, 2.24) is 0 Å². The number of halogens is 3. The summed E-state index contributed by atoms with van der Waals surface area (Å²) in [7, 11) is -2.78. The zero-order valence-electron chi connectivity index (χ0n) is 10.4. The van der Waals surface area contributed by atoms with Gasteiger partial charge in [0.15, 0.2) is 11.6 Å². The van der Waals surface area contributed by atoms with Crippen LogP contribution in [-0.2, 0) is 4.43 Å². The molecule has 0 saturated carbocycles. The van der Waals surface area contributed by atoms with E-state index in [1.54, 1.807) is 0 Å². The van der Waals surface area contributed by atoms with Crippen LogP contribution < -0.4 is 5.19 Å². The van der Waals surface area contributed by atoms with Crippen LogP contribution in [0.3, 0.4) is 0 Å². The molecular formula is C13H11F3O3Si. The zero-order valence-corrected chi connectivity index (χ0v) is 11.4. The van der Waals surface area contributed by atoms with Gasteiger partial charge < -0.3 is 14.0 Å². The summed E-state index contributed by atoms with van der Waals surface area (Å²) in [5.74, 6) is -3.32. The van der Waals surface area contributed by atoms with Gasteiger partial charge in [-0.3, -0.25) is 0 Å². The van der Waals surface area contributed by atoms with Gasteiger partial charge >= 0.3 is 8.80 Å². The zero-order chi connectivity index (χ0) is 14.9. The monoisotopic (exact) mass is 300 g/mol. The molecule has 0 aliphatic carbocycles. The number of benzene rings is 2. The summed E-state index contributed by atoms with van der Waals surface area (Å²) >= 11 is 0. The highest BCUT2D eigenvalue weighted by Crippen LogP contribution is 2.24. The molecule has 2 aromatic rings. The quantitative estimate of drug-likeness (QED) is 0.668. The Labute approximate surface area is 114 Å². The lowest BCUT2D eigenvalue weighted by molar-refractivity contribution is 0.204. The van der Waals surface area contributed by atoms with Crippen LogP contribution in [-0.4, -0.2) is 25.5 Å². The van der Waals surface area contributed by atoms with Crippen LogP contribution in [0.4, 0.5) is 13.2 Å². The van der Waals surface area contributed by atoms with Gasteiger partial charge in [0.2, 0.25) is 0 Å². The summed E-state index contributed by atoms with van der Waals surface area (Å²) < 4.78 is 44.2. The highest BCUT2D eigenvalue weighted by atomic mass is 28.4. The molecule has 3 nitrogen and oxygen atoms in total. The smallest absolute Gasteiger partial charge is 0.386 e. The maximum absolute atomic E-state index is 13.6. The minimum atomic E-state index is -3.94. The molecule has 7 heteroatoms. The second kappa shape index (κ2) is 5.37. The predicted octanol–water partition coefficient (Wildman–Crippen LogP) is 1.55. The van der Waals surface area contributed by atoms with E-state index in [1.807, 2.05) is 0 Å². The third-order valence-corrected chi connectivity index (χ3v) is 4.52. The third-order valence-electron chi connectivity index (χ3n) is 2.87. The van der Waals surface area contributed by atoms with Crippen molar-refractivity contribution in [1.29, 1.82) is 0 Å². The SMILES string of the molecule is CO[Si](O)(O)c1ccc(-c2cc(F)c(F)cc2F)cc1. The Morgan fingerprint density at radius 1 is 0.900 bits per heavy atom. The van der Waals surface area contributed by atoms with Crippen molar-refractivity contribution >= 4 is 14.0 Å². The van der Waals surface area contributed by atoms with Crippen molar-refractivity contribution in [2.75, 3.05) is 7.11 Å². The van der Waals surface area contributed by atoms with Crippen LogP contribution >= 0.6 is 0 Å². The largest absolute Gasteiger partial charge is 0.531 e. The molecule has 0 aliphatic rings. The van der Waals surface area contributed by atoms with Crippen LogP contribution in [0.1, 0.15) is 0 Å². The van der Waals surface area contributed by atoms with Crippen molar-refractivity contribution in [2.45, 2.75) is 0 Å². The van der Waals surface area contributed by atoms with E-state index in [9.17, 15) is 22.8 Å². The average Bonchev–Trinajstić information content (AvgIpc) is 2.43. The highest BCUT2D eigenvalue weighted by molar-refractivity contribution is 6.72. The Morgan fingerprint density at radius 3 is 2.00 bits per heavy atom. The topological polar surface area (TPSA) is 49.7 Å². The molecule has 20 heavy (non-hydrogen) atoms. The van der Waals surface area contributed by atoms with Gasteiger partial charge in [-0.05, 0) is 11.6 Å². The molecule has 0 fully saturated rings. The Morgan fingerprint density at radius 2 is 1.45 bits per heavy atom. The number of rotatable bonds is 3. The second-order valence-corrected chi connectivity index (χ2v) is 6.34.